The number of nitrogens with zero attached hydrogens (tertiary/aromatic N) is 1. The van der Waals surface area contributed by atoms with Crippen molar-refractivity contribution < 1.29 is 9.53 Å². The van der Waals surface area contributed by atoms with Crippen molar-refractivity contribution in [3.05, 3.63) is 12.2 Å². The number of esters is 1. The van der Waals surface area contributed by atoms with E-state index in [1.807, 2.05) is 13.0 Å². The zero-order valence-electron chi connectivity index (χ0n) is 7.86. The molecule has 0 spiro atoms. The molecule has 4 nitrogen and oxygen atoms in total. The Bertz CT molecular complexity index is 258. The molecule has 1 aliphatic heterocycles. The minimum atomic E-state index is -0.468. The predicted octanol–water partition coefficient (Wildman–Crippen LogP) is 0.481. The summed E-state index contributed by atoms with van der Waals surface area (Å²) in [5.41, 5.74) is 5.48. The van der Waals surface area contributed by atoms with Gasteiger partial charge in [-0.3, -0.25) is 4.99 Å². The Morgan fingerprint density at radius 1 is 1.77 bits per heavy atom. The lowest BCUT2D eigenvalue weighted by atomic mass is 10.00. The molecule has 2 atom stereocenters. The van der Waals surface area contributed by atoms with Gasteiger partial charge < -0.3 is 10.5 Å². The van der Waals surface area contributed by atoms with E-state index in [2.05, 4.69) is 4.99 Å². The normalized spacial score (nSPS) is 26.8. The monoisotopic (exact) mass is 182 g/mol. The van der Waals surface area contributed by atoms with Crippen LogP contribution >= 0.6 is 0 Å². The molecule has 0 fully saturated rings. The van der Waals surface area contributed by atoms with E-state index in [0.717, 1.165) is 0 Å². The van der Waals surface area contributed by atoms with Gasteiger partial charge in [0.25, 0.3) is 0 Å². The average molecular weight is 182 g/mol. The molecule has 13 heavy (non-hydrogen) atoms. The van der Waals surface area contributed by atoms with Gasteiger partial charge in [-0.15, -0.1) is 0 Å². The molecule has 72 valence electrons. The summed E-state index contributed by atoms with van der Waals surface area (Å²) in [6.45, 7) is 4.06. The fourth-order valence-electron chi connectivity index (χ4n) is 1.17. The van der Waals surface area contributed by atoms with Crippen LogP contribution in [-0.4, -0.2) is 24.5 Å². The summed E-state index contributed by atoms with van der Waals surface area (Å²) in [6.07, 6.45) is 3.57. The van der Waals surface area contributed by atoms with Crippen molar-refractivity contribution in [3.63, 3.8) is 0 Å². The summed E-state index contributed by atoms with van der Waals surface area (Å²) in [4.78, 5) is 15.4. The van der Waals surface area contributed by atoms with Gasteiger partial charge in [-0.25, -0.2) is 4.79 Å². The Balaban J connectivity index is 2.68. The minimum Gasteiger partial charge on any atom is -0.464 e. The van der Waals surface area contributed by atoms with E-state index in [1.165, 1.54) is 0 Å². The van der Waals surface area contributed by atoms with Crippen LogP contribution in [0.25, 0.3) is 0 Å². The van der Waals surface area contributed by atoms with Crippen LogP contribution in [0.3, 0.4) is 0 Å². The maximum atomic E-state index is 11.3. The number of hydrogen-bond acceptors (Lipinski definition) is 4. The Hall–Kier alpha value is -1.32. The molecule has 4 heteroatoms. The first-order chi connectivity index (χ1) is 6.15. The summed E-state index contributed by atoms with van der Waals surface area (Å²) in [5.74, 6) is 0.143. The van der Waals surface area contributed by atoms with E-state index in [9.17, 15) is 4.79 Å². The molecule has 1 heterocycles. The van der Waals surface area contributed by atoms with Crippen LogP contribution in [0.15, 0.2) is 17.1 Å². The van der Waals surface area contributed by atoms with Crippen LogP contribution in [0, 0.1) is 5.92 Å². The average Bonchev–Trinajstić information content (AvgIpc) is 2.09. The first-order valence-corrected chi connectivity index (χ1v) is 4.33. The molecule has 2 N–H and O–H groups in total. The van der Waals surface area contributed by atoms with Gasteiger partial charge in [0.15, 0.2) is 6.04 Å². The second-order valence-electron chi connectivity index (χ2n) is 2.97. The molecule has 0 saturated heterocycles. The van der Waals surface area contributed by atoms with Gasteiger partial charge in [0.2, 0.25) is 0 Å². The molecular weight excluding hydrogens is 168 g/mol. The van der Waals surface area contributed by atoms with Crippen molar-refractivity contribution in [1.29, 1.82) is 0 Å². The molecule has 0 saturated carbocycles. The van der Waals surface area contributed by atoms with Gasteiger partial charge >= 0.3 is 5.97 Å². The van der Waals surface area contributed by atoms with Crippen LogP contribution in [0.4, 0.5) is 0 Å². The van der Waals surface area contributed by atoms with Crippen molar-refractivity contribution in [2.24, 2.45) is 16.6 Å². The highest BCUT2D eigenvalue weighted by Crippen LogP contribution is 2.14. The van der Waals surface area contributed by atoms with E-state index in [4.69, 9.17) is 10.5 Å². The third kappa shape index (κ3) is 2.31. The van der Waals surface area contributed by atoms with Crippen molar-refractivity contribution in [1.82, 2.24) is 0 Å². The lowest BCUT2D eigenvalue weighted by Crippen LogP contribution is -2.32. The standard InChI is InChI=1S/C9H14N2O2/c1-3-13-9(12)8-6(2)4-5-7(10)11-8/h4-6,8H,3H2,1-2H3,(H2,10,11). The molecule has 2 unspecified atom stereocenters. The highest BCUT2D eigenvalue weighted by atomic mass is 16.5. The van der Waals surface area contributed by atoms with Crippen LogP contribution < -0.4 is 5.73 Å². The number of hydrogen-bond donors (Lipinski definition) is 1. The Labute approximate surface area is 77.5 Å². The van der Waals surface area contributed by atoms with E-state index < -0.39 is 6.04 Å². The number of rotatable bonds is 2. The molecule has 0 aromatic heterocycles. The summed E-state index contributed by atoms with van der Waals surface area (Å²) in [6, 6.07) is -0.468. The second-order valence-corrected chi connectivity index (χ2v) is 2.97. The minimum absolute atomic E-state index is 0.0614. The highest BCUT2D eigenvalue weighted by Gasteiger charge is 2.26. The Morgan fingerprint density at radius 2 is 2.46 bits per heavy atom. The lowest BCUT2D eigenvalue weighted by Gasteiger charge is -2.19. The van der Waals surface area contributed by atoms with E-state index in [0.29, 0.717) is 12.4 Å². The largest absolute Gasteiger partial charge is 0.464 e. The predicted molar refractivity (Wildman–Crippen MR) is 50.3 cm³/mol. The van der Waals surface area contributed by atoms with Crippen molar-refractivity contribution >= 4 is 11.8 Å². The van der Waals surface area contributed by atoms with Crippen molar-refractivity contribution in [2.45, 2.75) is 19.9 Å². The van der Waals surface area contributed by atoms with Gasteiger partial charge in [-0.2, -0.15) is 0 Å². The molecule has 0 aliphatic carbocycles. The van der Waals surface area contributed by atoms with Gasteiger partial charge in [-0.05, 0) is 13.0 Å². The molecule has 1 aliphatic rings. The zero-order chi connectivity index (χ0) is 9.84. The summed E-state index contributed by atoms with van der Waals surface area (Å²) in [5, 5.41) is 0. The molecular formula is C9H14N2O2. The van der Waals surface area contributed by atoms with Crippen molar-refractivity contribution in [3.8, 4) is 0 Å². The number of dihydropyridines is 1. The van der Waals surface area contributed by atoms with Gasteiger partial charge in [0.05, 0.1) is 6.61 Å². The van der Waals surface area contributed by atoms with Crippen molar-refractivity contribution in [2.75, 3.05) is 6.61 Å². The topological polar surface area (TPSA) is 64.7 Å². The maximum Gasteiger partial charge on any atom is 0.331 e. The fraction of sp³-hybridized carbons (Fsp3) is 0.556. The lowest BCUT2D eigenvalue weighted by molar-refractivity contribution is -0.145. The quantitative estimate of drug-likeness (QED) is 0.632. The van der Waals surface area contributed by atoms with Crippen LogP contribution in [0.1, 0.15) is 13.8 Å². The summed E-state index contributed by atoms with van der Waals surface area (Å²) < 4.78 is 4.86. The summed E-state index contributed by atoms with van der Waals surface area (Å²) >= 11 is 0. The Morgan fingerprint density at radius 3 is 3.08 bits per heavy atom. The number of amidine groups is 1. The fourth-order valence-corrected chi connectivity index (χ4v) is 1.17. The molecule has 1 rings (SSSR count). The second kappa shape index (κ2) is 4.07. The van der Waals surface area contributed by atoms with Crippen LogP contribution in [0.5, 0.6) is 0 Å². The SMILES string of the molecule is CCOC(=O)C1N=C(N)C=CC1C. The number of aliphatic imine (C=N–C) groups is 1. The number of ether oxygens (including phenoxy) is 1. The zero-order valence-corrected chi connectivity index (χ0v) is 7.86. The van der Waals surface area contributed by atoms with E-state index in [-0.39, 0.29) is 11.9 Å². The molecule has 0 aromatic rings. The number of carbonyl (C=O) groups is 1. The molecule has 0 bridgehead atoms. The number of nitrogens with two attached hydrogens (primary N) is 1. The van der Waals surface area contributed by atoms with Crippen LogP contribution in [0.2, 0.25) is 0 Å². The molecule has 0 amide bonds. The van der Waals surface area contributed by atoms with E-state index in [1.54, 1.807) is 13.0 Å². The van der Waals surface area contributed by atoms with Gasteiger partial charge in [-0.1, -0.05) is 13.0 Å². The van der Waals surface area contributed by atoms with Gasteiger partial charge in [0, 0.05) is 5.92 Å². The smallest absolute Gasteiger partial charge is 0.331 e. The molecule has 0 aromatic carbocycles. The Kier molecular flexibility index (Phi) is 3.06. The highest BCUT2D eigenvalue weighted by molar-refractivity contribution is 5.94. The first kappa shape index (κ1) is 9.77. The maximum absolute atomic E-state index is 11.3. The third-order valence-corrected chi connectivity index (χ3v) is 1.88. The van der Waals surface area contributed by atoms with Gasteiger partial charge in [0.1, 0.15) is 5.84 Å². The van der Waals surface area contributed by atoms with E-state index >= 15 is 0 Å². The van der Waals surface area contributed by atoms with Crippen LogP contribution in [-0.2, 0) is 9.53 Å². The number of carbonyl (C=O) groups excluding carboxylic acids is 1. The molecule has 0 radical (unpaired) electrons. The third-order valence-electron chi connectivity index (χ3n) is 1.88. The first-order valence-electron chi connectivity index (χ1n) is 4.33. The summed E-state index contributed by atoms with van der Waals surface area (Å²) in [7, 11) is 0.